The quantitative estimate of drug-likeness (QED) is 0.258. The molecule has 0 radical (unpaired) electrons. The summed E-state index contributed by atoms with van der Waals surface area (Å²) in [5.74, 6) is 1.85. The van der Waals surface area contributed by atoms with Crippen LogP contribution in [0.1, 0.15) is 29.8 Å². The number of benzene rings is 1. The molecule has 6 heterocycles. The molecule has 1 fully saturated rings. The first-order chi connectivity index (χ1) is 22.6. The van der Waals surface area contributed by atoms with E-state index in [0.717, 1.165) is 38.2 Å². The first-order valence-electron chi connectivity index (χ1n) is 14.9. The summed E-state index contributed by atoms with van der Waals surface area (Å²) in [6.45, 7) is 2.71. The second-order valence-corrected chi connectivity index (χ2v) is 11.0. The minimum absolute atomic E-state index is 0.170. The highest BCUT2D eigenvalue weighted by Crippen LogP contribution is 2.32. The largest absolute Gasteiger partial charge is 0.383 e. The number of rotatable bonds is 7. The Bertz CT molecular complexity index is 2120. The summed E-state index contributed by atoms with van der Waals surface area (Å²) in [5, 5.41) is 22.2. The van der Waals surface area contributed by atoms with Crippen molar-refractivity contribution in [3.05, 3.63) is 102 Å². The van der Waals surface area contributed by atoms with Gasteiger partial charge >= 0.3 is 0 Å². The van der Waals surface area contributed by atoms with Gasteiger partial charge in [0.1, 0.15) is 35.0 Å². The predicted octanol–water partition coefficient (Wildman–Crippen LogP) is 4.74. The molecule has 1 saturated heterocycles. The number of nitrogen functional groups attached to an aromatic ring is 1. The molecule has 1 aliphatic rings. The maximum Gasteiger partial charge on any atom is 0.234 e. The molecule has 3 N–H and O–H groups in total. The normalized spacial score (nSPS) is 13.7. The van der Waals surface area contributed by atoms with Gasteiger partial charge in [0, 0.05) is 50.0 Å². The third kappa shape index (κ3) is 5.68. The molecule has 0 saturated carbocycles. The molecular weight excluding hydrogens is 576 g/mol. The molecule has 12 nitrogen and oxygen atoms in total. The average Bonchev–Trinajstić information content (AvgIpc) is 3.48. The number of hydrogen-bond acceptors (Lipinski definition) is 11. The van der Waals surface area contributed by atoms with Crippen LogP contribution in [0.5, 0.6) is 0 Å². The van der Waals surface area contributed by atoms with E-state index in [-0.39, 0.29) is 5.82 Å². The van der Waals surface area contributed by atoms with E-state index in [1.807, 2.05) is 34.9 Å². The second-order valence-electron chi connectivity index (χ2n) is 11.0. The van der Waals surface area contributed by atoms with Gasteiger partial charge in [0.2, 0.25) is 5.82 Å². The van der Waals surface area contributed by atoms with Crippen molar-refractivity contribution < 1.29 is 0 Å². The SMILES string of the molecule is N#Cc1nccc(NC2CCN(Cc3ccc(-n4c(-c5cccnc5N)nc5ccc(-c6ncccc6C#N)nc54)cc3)CC2)n1. The number of anilines is 2. The number of nitrogens with zero attached hydrogens (tertiary/aromatic N) is 10. The van der Waals surface area contributed by atoms with E-state index < -0.39 is 0 Å². The minimum atomic E-state index is 0.170. The van der Waals surface area contributed by atoms with Crippen molar-refractivity contribution in [2.45, 2.75) is 25.4 Å². The Morgan fingerprint density at radius 2 is 1.63 bits per heavy atom. The van der Waals surface area contributed by atoms with Gasteiger partial charge in [0.25, 0.3) is 0 Å². The number of hydrogen-bond donors (Lipinski definition) is 2. The van der Waals surface area contributed by atoms with Gasteiger partial charge in [-0.1, -0.05) is 12.1 Å². The molecule has 0 aliphatic carbocycles. The summed E-state index contributed by atoms with van der Waals surface area (Å²) >= 11 is 0. The van der Waals surface area contributed by atoms with E-state index in [4.69, 9.17) is 21.0 Å². The molecule has 0 spiro atoms. The lowest BCUT2D eigenvalue weighted by Crippen LogP contribution is -2.38. The van der Waals surface area contributed by atoms with Gasteiger partial charge in [-0.05, 0) is 73.0 Å². The highest BCUT2D eigenvalue weighted by atomic mass is 15.2. The highest BCUT2D eigenvalue weighted by molar-refractivity contribution is 5.84. The number of fused-ring (bicyclic) bond motifs is 1. The lowest BCUT2D eigenvalue weighted by atomic mass is 10.0. The standard InChI is InChI=1S/C34H28N12/c35-19-23-3-1-14-39-31(23)27-9-10-28-34(42-27)46(33(43-28)26-4-2-15-40-32(26)37)25-7-5-22(6-8-25)21-45-17-12-24(13-18-45)41-29-11-16-38-30(20-36)44-29/h1-11,14-16,24H,12-13,17-18,21H2,(H2,37,40)(H,38,41,44). The molecule has 1 aromatic carbocycles. The van der Waals surface area contributed by atoms with Crippen LogP contribution in [0.15, 0.2) is 85.3 Å². The third-order valence-electron chi connectivity index (χ3n) is 8.05. The van der Waals surface area contributed by atoms with E-state index in [9.17, 15) is 5.26 Å². The first-order valence-corrected chi connectivity index (χ1v) is 14.9. The van der Waals surface area contributed by atoms with Crippen molar-refractivity contribution in [3.63, 3.8) is 0 Å². The van der Waals surface area contributed by atoms with Gasteiger partial charge in [0.15, 0.2) is 11.5 Å². The summed E-state index contributed by atoms with van der Waals surface area (Å²) in [6.07, 6.45) is 6.86. The summed E-state index contributed by atoms with van der Waals surface area (Å²) in [5.41, 5.74) is 11.9. The Balaban J connectivity index is 1.15. The molecule has 0 atom stereocenters. The summed E-state index contributed by atoms with van der Waals surface area (Å²) < 4.78 is 1.98. The molecule has 46 heavy (non-hydrogen) atoms. The molecule has 0 bridgehead atoms. The Labute approximate surface area is 264 Å². The maximum atomic E-state index is 9.67. The monoisotopic (exact) mass is 604 g/mol. The fraction of sp³-hybridized carbons (Fsp3) is 0.176. The van der Waals surface area contributed by atoms with Crippen molar-refractivity contribution in [1.29, 1.82) is 10.5 Å². The number of aromatic nitrogens is 7. The van der Waals surface area contributed by atoms with Crippen LogP contribution in [0.3, 0.4) is 0 Å². The number of piperidine rings is 1. The zero-order valence-corrected chi connectivity index (χ0v) is 24.7. The number of nitriles is 2. The maximum absolute atomic E-state index is 9.67. The molecule has 224 valence electrons. The molecule has 12 heteroatoms. The second kappa shape index (κ2) is 12.4. The number of pyridine rings is 3. The van der Waals surface area contributed by atoms with Gasteiger partial charge in [-0.25, -0.2) is 24.9 Å². The molecule has 1 aliphatic heterocycles. The highest BCUT2D eigenvalue weighted by Gasteiger charge is 2.22. The van der Waals surface area contributed by atoms with Crippen molar-refractivity contribution in [1.82, 2.24) is 39.4 Å². The zero-order valence-electron chi connectivity index (χ0n) is 24.7. The van der Waals surface area contributed by atoms with Crippen molar-refractivity contribution in [3.8, 4) is 40.6 Å². The minimum Gasteiger partial charge on any atom is -0.383 e. The Morgan fingerprint density at radius 3 is 2.41 bits per heavy atom. The van der Waals surface area contributed by atoms with Crippen LogP contribution in [0, 0.1) is 22.7 Å². The molecule has 7 rings (SSSR count). The van der Waals surface area contributed by atoms with Gasteiger partial charge in [-0.3, -0.25) is 14.5 Å². The molecule has 5 aromatic heterocycles. The van der Waals surface area contributed by atoms with Gasteiger partial charge < -0.3 is 11.1 Å². The lowest BCUT2D eigenvalue weighted by Gasteiger charge is -2.32. The van der Waals surface area contributed by atoms with Crippen LogP contribution >= 0.6 is 0 Å². The van der Waals surface area contributed by atoms with Crippen LogP contribution in [0.2, 0.25) is 0 Å². The van der Waals surface area contributed by atoms with E-state index in [0.29, 0.717) is 57.2 Å². The van der Waals surface area contributed by atoms with Gasteiger partial charge in [-0.15, -0.1) is 0 Å². The van der Waals surface area contributed by atoms with Crippen molar-refractivity contribution in [2.75, 3.05) is 24.1 Å². The zero-order chi connectivity index (χ0) is 31.5. The van der Waals surface area contributed by atoms with Gasteiger partial charge in [0.05, 0.1) is 16.8 Å². The Hall–Kier alpha value is -6.24. The van der Waals surface area contributed by atoms with E-state index >= 15 is 0 Å². The molecular formula is C34H28N12. The molecule has 6 aromatic rings. The van der Waals surface area contributed by atoms with Crippen LogP contribution in [-0.2, 0) is 6.54 Å². The van der Waals surface area contributed by atoms with E-state index in [2.05, 4.69) is 60.5 Å². The Kier molecular flexibility index (Phi) is 7.69. The number of nitrogens with one attached hydrogen (secondary N) is 1. The predicted molar refractivity (Wildman–Crippen MR) is 173 cm³/mol. The average molecular weight is 605 g/mol. The van der Waals surface area contributed by atoms with Crippen LogP contribution in [0.25, 0.3) is 39.6 Å². The van der Waals surface area contributed by atoms with Crippen molar-refractivity contribution >= 4 is 22.8 Å². The van der Waals surface area contributed by atoms with E-state index in [1.54, 1.807) is 36.8 Å². The summed E-state index contributed by atoms with van der Waals surface area (Å²) in [7, 11) is 0. The summed E-state index contributed by atoms with van der Waals surface area (Å²) in [4.78, 5) is 29.2. The fourth-order valence-corrected chi connectivity index (χ4v) is 5.77. The van der Waals surface area contributed by atoms with Crippen LogP contribution < -0.4 is 11.1 Å². The fourth-order valence-electron chi connectivity index (χ4n) is 5.77. The molecule has 0 amide bonds. The van der Waals surface area contributed by atoms with E-state index in [1.165, 1.54) is 5.56 Å². The van der Waals surface area contributed by atoms with Crippen LogP contribution in [-0.4, -0.2) is 58.5 Å². The van der Waals surface area contributed by atoms with Crippen molar-refractivity contribution in [2.24, 2.45) is 0 Å². The third-order valence-corrected chi connectivity index (χ3v) is 8.05. The number of imidazole rings is 1. The van der Waals surface area contributed by atoms with Crippen LogP contribution in [0.4, 0.5) is 11.6 Å². The van der Waals surface area contributed by atoms with Gasteiger partial charge in [-0.2, -0.15) is 10.5 Å². The number of likely N-dealkylation sites (tertiary alicyclic amines) is 1. The number of nitrogens with two attached hydrogens (primary N) is 1. The first kappa shape index (κ1) is 28.5. The Morgan fingerprint density at radius 1 is 0.826 bits per heavy atom. The summed E-state index contributed by atoms with van der Waals surface area (Å²) in [6, 6.07) is 25.6. The smallest absolute Gasteiger partial charge is 0.234 e. The molecule has 0 unspecified atom stereocenters. The lowest BCUT2D eigenvalue weighted by molar-refractivity contribution is 0.211. The topological polar surface area (TPSA) is 171 Å².